The standard InChI is InChI=1S/C22H24BrN5O3S/c1-17(22(29)25-27-14-12-26(13-15-27)20-8-10-24-11-9-20)28(23)32(30,31)21-7-6-18-4-2-3-5-19(18)16-21/h2-11,16-17H,12-15H2,1H3,(H,25,29). The Bertz CT molecular complexity index is 1200. The van der Waals surface area contributed by atoms with E-state index in [2.05, 4.69) is 31.5 Å². The SMILES string of the molecule is CC(C(=O)NN1CCN(c2ccncc2)CC1)N(Br)S(=O)(=O)c1ccc2ccccc2c1. The van der Waals surface area contributed by atoms with E-state index < -0.39 is 22.0 Å². The molecule has 0 bridgehead atoms. The molecular weight excluding hydrogens is 494 g/mol. The number of amides is 1. The number of pyridine rings is 1. The highest BCUT2D eigenvalue weighted by molar-refractivity contribution is 9.08. The minimum atomic E-state index is -3.90. The lowest BCUT2D eigenvalue weighted by Gasteiger charge is -2.36. The normalized spacial score (nSPS) is 16.3. The number of hydrogen-bond donors (Lipinski definition) is 1. The van der Waals surface area contributed by atoms with Gasteiger partial charge in [0.15, 0.2) is 0 Å². The van der Waals surface area contributed by atoms with Crippen LogP contribution in [0.15, 0.2) is 71.9 Å². The maximum absolute atomic E-state index is 13.1. The number of nitrogens with zero attached hydrogens (tertiary/aromatic N) is 4. The van der Waals surface area contributed by atoms with Crippen molar-refractivity contribution >= 4 is 48.5 Å². The second kappa shape index (κ2) is 9.53. The van der Waals surface area contributed by atoms with Gasteiger partial charge in [-0.15, -0.1) is 3.33 Å². The smallest absolute Gasteiger partial charge is 0.253 e. The van der Waals surface area contributed by atoms with Crippen LogP contribution in [0, 0.1) is 0 Å². The summed E-state index contributed by atoms with van der Waals surface area (Å²) in [6, 6.07) is 15.4. The number of carbonyl (C=O) groups is 1. The molecule has 8 nitrogen and oxygen atoms in total. The van der Waals surface area contributed by atoms with E-state index in [0.29, 0.717) is 13.1 Å². The molecule has 3 aromatic rings. The molecule has 1 atom stereocenters. The van der Waals surface area contributed by atoms with Gasteiger partial charge in [-0.2, -0.15) is 0 Å². The summed E-state index contributed by atoms with van der Waals surface area (Å²) < 4.78 is 27.1. The Kier molecular flexibility index (Phi) is 6.75. The number of carbonyl (C=O) groups excluding carboxylic acids is 1. The van der Waals surface area contributed by atoms with E-state index in [1.54, 1.807) is 37.5 Å². The average Bonchev–Trinajstić information content (AvgIpc) is 2.83. The molecule has 1 aliphatic rings. The summed E-state index contributed by atoms with van der Waals surface area (Å²) in [4.78, 5) is 19.2. The molecule has 1 aliphatic heterocycles. The second-order valence-corrected chi connectivity index (χ2v) is 10.6. The summed E-state index contributed by atoms with van der Waals surface area (Å²) in [6.45, 7) is 4.29. The summed E-state index contributed by atoms with van der Waals surface area (Å²) in [7, 11) is -3.90. The molecule has 32 heavy (non-hydrogen) atoms. The van der Waals surface area contributed by atoms with Crippen LogP contribution >= 0.6 is 16.1 Å². The Hall–Kier alpha value is -2.53. The highest BCUT2D eigenvalue weighted by Gasteiger charge is 2.32. The summed E-state index contributed by atoms with van der Waals surface area (Å²) in [6.07, 6.45) is 3.51. The third kappa shape index (κ3) is 4.78. The van der Waals surface area contributed by atoms with Gasteiger partial charge in [0.05, 0.1) is 4.90 Å². The van der Waals surface area contributed by atoms with Crippen molar-refractivity contribution in [2.45, 2.75) is 17.9 Å². The molecule has 0 spiro atoms. The van der Waals surface area contributed by atoms with E-state index in [1.807, 2.05) is 41.4 Å². The van der Waals surface area contributed by atoms with Crippen LogP contribution in [-0.2, 0) is 14.8 Å². The topological polar surface area (TPSA) is 85.8 Å². The van der Waals surface area contributed by atoms with Gasteiger partial charge in [0.1, 0.15) is 6.04 Å². The first kappa shape index (κ1) is 22.7. The van der Waals surface area contributed by atoms with Crippen LogP contribution in [0.2, 0.25) is 0 Å². The molecule has 2 heterocycles. The Labute approximate surface area is 196 Å². The third-order valence-corrected chi connectivity index (χ3v) is 8.89. The summed E-state index contributed by atoms with van der Waals surface area (Å²) >= 11 is 3.12. The molecule has 2 aromatic carbocycles. The van der Waals surface area contributed by atoms with E-state index in [1.165, 1.54) is 0 Å². The zero-order valence-electron chi connectivity index (χ0n) is 17.6. The number of hydrogen-bond acceptors (Lipinski definition) is 6. The van der Waals surface area contributed by atoms with Gasteiger partial charge in [-0.05, 0) is 42.0 Å². The van der Waals surface area contributed by atoms with Gasteiger partial charge in [-0.3, -0.25) is 15.2 Å². The summed E-state index contributed by atoms with van der Waals surface area (Å²) in [5.41, 5.74) is 3.93. The molecule has 1 amide bonds. The van der Waals surface area contributed by atoms with Gasteiger partial charge >= 0.3 is 0 Å². The van der Waals surface area contributed by atoms with Crippen molar-refractivity contribution in [3.05, 3.63) is 67.0 Å². The number of hydrazine groups is 1. The fourth-order valence-electron chi connectivity index (χ4n) is 3.61. The molecule has 1 fully saturated rings. The first-order valence-corrected chi connectivity index (χ1v) is 12.4. The zero-order chi connectivity index (χ0) is 22.7. The van der Waals surface area contributed by atoms with E-state index in [9.17, 15) is 13.2 Å². The van der Waals surface area contributed by atoms with E-state index in [0.717, 1.165) is 32.9 Å². The van der Waals surface area contributed by atoms with Crippen LogP contribution in [0.25, 0.3) is 10.8 Å². The predicted molar refractivity (Wildman–Crippen MR) is 128 cm³/mol. The van der Waals surface area contributed by atoms with Crippen molar-refractivity contribution in [1.29, 1.82) is 0 Å². The van der Waals surface area contributed by atoms with Crippen molar-refractivity contribution in [2.75, 3.05) is 31.1 Å². The maximum Gasteiger partial charge on any atom is 0.253 e. The maximum atomic E-state index is 13.1. The van der Waals surface area contributed by atoms with Crippen molar-refractivity contribution < 1.29 is 13.2 Å². The van der Waals surface area contributed by atoms with E-state index in [4.69, 9.17) is 0 Å². The number of rotatable bonds is 6. The van der Waals surface area contributed by atoms with Crippen LogP contribution in [0.3, 0.4) is 0 Å². The second-order valence-electron chi connectivity index (χ2n) is 7.59. The predicted octanol–water partition coefficient (Wildman–Crippen LogP) is 2.78. The molecule has 1 N–H and O–H groups in total. The van der Waals surface area contributed by atoms with Gasteiger partial charge in [-0.25, -0.2) is 13.4 Å². The first-order chi connectivity index (χ1) is 15.4. The summed E-state index contributed by atoms with van der Waals surface area (Å²) in [5, 5.41) is 3.59. The number of anilines is 1. The number of piperazine rings is 1. The lowest BCUT2D eigenvalue weighted by atomic mass is 10.1. The molecule has 0 saturated carbocycles. The molecule has 168 valence electrons. The van der Waals surface area contributed by atoms with E-state index >= 15 is 0 Å². The summed E-state index contributed by atoms with van der Waals surface area (Å²) in [5.74, 6) is -0.399. The number of nitrogens with one attached hydrogen (secondary N) is 1. The quantitative estimate of drug-likeness (QED) is 0.506. The van der Waals surface area contributed by atoms with Crippen LogP contribution < -0.4 is 10.3 Å². The fourth-order valence-corrected chi connectivity index (χ4v) is 5.53. The van der Waals surface area contributed by atoms with Crippen LogP contribution in [0.4, 0.5) is 5.69 Å². The Morgan fingerprint density at radius 2 is 1.69 bits per heavy atom. The van der Waals surface area contributed by atoms with Gasteiger partial charge in [0.2, 0.25) is 0 Å². The average molecular weight is 518 g/mol. The van der Waals surface area contributed by atoms with Gasteiger partial charge < -0.3 is 4.90 Å². The minimum Gasteiger partial charge on any atom is -0.369 e. The molecule has 4 rings (SSSR count). The van der Waals surface area contributed by atoms with Crippen LogP contribution in [0.5, 0.6) is 0 Å². The lowest BCUT2D eigenvalue weighted by Crippen LogP contribution is -2.56. The van der Waals surface area contributed by atoms with Crippen molar-refractivity contribution in [3.63, 3.8) is 0 Å². The third-order valence-electron chi connectivity index (χ3n) is 5.51. The van der Waals surface area contributed by atoms with Gasteiger partial charge in [0.25, 0.3) is 15.9 Å². The first-order valence-electron chi connectivity index (χ1n) is 10.3. The van der Waals surface area contributed by atoms with Gasteiger partial charge in [0, 0.05) is 60.4 Å². The Morgan fingerprint density at radius 1 is 1.03 bits per heavy atom. The Balaban J connectivity index is 1.38. The van der Waals surface area contributed by atoms with Crippen molar-refractivity contribution in [3.8, 4) is 0 Å². The molecule has 1 aromatic heterocycles. The van der Waals surface area contributed by atoms with E-state index in [-0.39, 0.29) is 4.90 Å². The lowest BCUT2D eigenvalue weighted by molar-refractivity contribution is -0.128. The number of benzene rings is 2. The molecule has 1 unspecified atom stereocenters. The highest BCUT2D eigenvalue weighted by Crippen LogP contribution is 2.25. The molecule has 1 saturated heterocycles. The highest BCUT2D eigenvalue weighted by atomic mass is 79.9. The monoisotopic (exact) mass is 517 g/mol. The largest absolute Gasteiger partial charge is 0.369 e. The van der Waals surface area contributed by atoms with Crippen molar-refractivity contribution in [1.82, 2.24) is 18.7 Å². The van der Waals surface area contributed by atoms with Gasteiger partial charge in [-0.1, -0.05) is 30.3 Å². The minimum absolute atomic E-state index is 0.124. The number of halogens is 1. The van der Waals surface area contributed by atoms with Crippen LogP contribution in [0.1, 0.15) is 6.92 Å². The number of aromatic nitrogens is 1. The van der Waals surface area contributed by atoms with Crippen molar-refractivity contribution in [2.24, 2.45) is 0 Å². The number of sulfonamides is 1. The van der Waals surface area contributed by atoms with Crippen LogP contribution in [-0.4, -0.2) is 59.9 Å². The zero-order valence-corrected chi connectivity index (χ0v) is 20.0. The molecule has 0 aliphatic carbocycles. The Morgan fingerprint density at radius 3 is 2.38 bits per heavy atom. The number of fused-ring (bicyclic) bond motifs is 1. The molecule has 0 radical (unpaired) electrons. The molecule has 10 heteroatoms. The fraction of sp³-hybridized carbons (Fsp3) is 0.273. The molecular formula is C22H24BrN5O3S.